The number of fused-ring (bicyclic) bond motifs is 1. The average Bonchev–Trinajstić information content (AvgIpc) is 3.03. The van der Waals surface area contributed by atoms with E-state index in [4.69, 9.17) is 29.4 Å². The highest BCUT2D eigenvalue weighted by Gasteiger charge is 2.11. The first-order valence-electron chi connectivity index (χ1n) is 14.3. The minimum Gasteiger partial charge on any atom is -0.438 e. The fourth-order valence-electron chi connectivity index (χ4n) is 4.21. The molecule has 0 spiro atoms. The molecule has 4 rings (SSSR count). The molecule has 0 fully saturated rings. The second kappa shape index (κ2) is 17.0. The van der Waals surface area contributed by atoms with Crippen LogP contribution in [0, 0.1) is 0 Å². The molecule has 3 aromatic carbocycles. The van der Waals surface area contributed by atoms with Gasteiger partial charge in [0.25, 0.3) is 5.91 Å². The lowest BCUT2D eigenvalue weighted by Crippen LogP contribution is -2.27. The van der Waals surface area contributed by atoms with Crippen LogP contribution in [0.1, 0.15) is 22.8 Å². The monoisotopic (exact) mass is 589 g/mol. The molecule has 0 radical (unpaired) electrons. The summed E-state index contributed by atoms with van der Waals surface area (Å²) in [5.41, 5.74) is 9.02. The van der Waals surface area contributed by atoms with Crippen LogP contribution in [0.3, 0.4) is 0 Å². The Morgan fingerprint density at radius 1 is 0.860 bits per heavy atom. The van der Waals surface area contributed by atoms with Gasteiger partial charge < -0.3 is 40.1 Å². The zero-order valence-electron chi connectivity index (χ0n) is 24.6. The molecule has 0 aliphatic heterocycles. The van der Waals surface area contributed by atoms with Gasteiger partial charge in [0.05, 0.1) is 46.2 Å². The average molecular weight is 590 g/mol. The first-order chi connectivity index (χ1) is 21.1. The number of nitrogens with two attached hydrogens (primary N) is 1. The van der Waals surface area contributed by atoms with E-state index in [0.29, 0.717) is 87.3 Å². The molecule has 1 amide bonds. The molecule has 43 heavy (non-hydrogen) atoms. The zero-order chi connectivity index (χ0) is 30.3. The zero-order valence-corrected chi connectivity index (χ0v) is 24.6. The Bertz CT molecular complexity index is 1470. The fraction of sp³-hybridized carbons (Fsp3) is 0.344. The Balaban J connectivity index is 1.28. The number of aryl methyl sites for hydroxylation is 1. The minimum absolute atomic E-state index is 0.195. The van der Waals surface area contributed by atoms with Gasteiger partial charge in [-0.2, -0.15) is 4.98 Å². The van der Waals surface area contributed by atoms with E-state index in [1.54, 1.807) is 25.4 Å². The Kier molecular flexibility index (Phi) is 12.5. The number of rotatable bonds is 18. The van der Waals surface area contributed by atoms with Gasteiger partial charge in [-0.1, -0.05) is 31.2 Å². The maximum absolute atomic E-state index is 12.9. The van der Waals surface area contributed by atoms with Crippen LogP contribution in [0.4, 0.5) is 17.3 Å². The van der Waals surface area contributed by atoms with Gasteiger partial charge in [0.15, 0.2) is 0 Å². The molecule has 0 saturated carbocycles. The number of aromatic nitrogens is 2. The highest BCUT2D eigenvalue weighted by molar-refractivity contribution is 5.97. The van der Waals surface area contributed by atoms with Gasteiger partial charge in [0.2, 0.25) is 11.8 Å². The predicted octanol–water partition coefficient (Wildman–Crippen LogP) is 4.74. The molecule has 4 aromatic rings. The summed E-state index contributed by atoms with van der Waals surface area (Å²) in [4.78, 5) is 21.7. The maximum Gasteiger partial charge on any atom is 0.251 e. The summed E-state index contributed by atoms with van der Waals surface area (Å²) in [5.74, 6) is 1.16. The molecule has 0 saturated heterocycles. The Morgan fingerprint density at radius 2 is 1.58 bits per heavy atom. The number of benzene rings is 3. The summed E-state index contributed by atoms with van der Waals surface area (Å²) in [6.07, 6.45) is 2.37. The highest BCUT2D eigenvalue weighted by Crippen LogP contribution is 2.32. The van der Waals surface area contributed by atoms with Crippen LogP contribution < -0.4 is 21.1 Å². The number of amides is 1. The third kappa shape index (κ3) is 9.90. The summed E-state index contributed by atoms with van der Waals surface area (Å²) in [7, 11) is 1.63. The highest BCUT2D eigenvalue weighted by atomic mass is 16.6. The van der Waals surface area contributed by atoms with Crippen molar-refractivity contribution in [1.29, 1.82) is 0 Å². The third-order valence-corrected chi connectivity index (χ3v) is 6.39. The molecule has 228 valence electrons. The predicted molar refractivity (Wildman–Crippen MR) is 166 cm³/mol. The number of methoxy groups -OCH3 is 1. The minimum atomic E-state index is -0.195. The Hall–Kier alpha value is -4.29. The van der Waals surface area contributed by atoms with E-state index in [1.165, 1.54) is 0 Å². The first kappa shape index (κ1) is 31.6. The van der Waals surface area contributed by atoms with Crippen molar-refractivity contribution in [3.05, 3.63) is 78.0 Å². The van der Waals surface area contributed by atoms with Gasteiger partial charge in [-0.25, -0.2) is 4.98 Å². The number of nitrogen functional groups attached to an aromatic ring is 1. The molecule has 11 heteroatoms. The number of anilines is 3. The van der Waals surface area contributed by atoms with Crippen LogP contribution >= 0.6 is 0 Å². The van der Waals surface area contributed by atoms with E-state index < -0.39 is 0 Å². The topological polar surface area (TPSA) is 139 Å². The van der Waals surface area contributed by atoms with E-state index >= 15 is 0 Å². The number of hydrogen-bond donors (Lipinski definition) is 3. The largest absolute Gasteiger partial charge is 0.438 e. The van der Waals surface area contributed by atoms with Crippen molar-refractivity contribution in [3.8, 4) is 11.6 Å². The van der Waals surface area contributed by atoms with Gasteiger partial charge in [0, 0.05) is 53.6 Å². The molecule has 11 nitrogen and oxygen atoms in total. The van der Waals surface area contributed by atoms with E-state index in [-0.39, 0.29) is 5.91 Å². The molecule has 1 heterocycles. The van der Waals surface area contributed by atoms with Crippen molar-refractivity contribution in [1.82, 2.24) is 15.3 Å². The fourth-order valence-corrected chi connectivity index (χ4v) is 4.21. The number of carbonyl (C=O) groups is 1. The van der Waals surface area contributed by atoms with Crippen molar-refractivity contribution in [2.24, 2.45) is 0 Å². The van der Waals surface area contributed by atoms with E-state index in [2.05, 4.69) is 20.6 Å². The van der Waals surface area contributed by atoms with Crippen molar-refractivity contribution in [2.45, 2.75) is 13.3 Å². The number of ether oxygens (including phenoxy) is 5. The Morgan fingerprint density at radius 3 is 2.33 bits per heavy atom. The normalized spacial score (nSPS) is 11.0. The van der Waals surface area contributed by atoms with E-state index in [1.807, 2.05) is 55.5 Å². The number of nitrogens with zero attached hydrogens (tertiary/aromatic N) is 2. The van der Waals surface area contributed by atoms with E-state index in [0.717, 1.165) is 22.8 Å². The molecule has 0 unspecified atom stereocenters. The molecule has 0 aliphatic rings. The van der Waals surface area contributed by atoms with Crippen LogP contribution in [0.5, 0.6) is 11.6 Å². The summed E-state index contributed by atoms with van der Waals surface area (Å²) >= 11 is 0. The van der Waals surface area contributed by atoms with Gasteiger partial charge in [0.1, 0.15) is 5.75 Å². The van der Waals surface area contributed by atoms with E-state index in [9.17, 15) is 4.79 Å². The van der Waals surface area contributed by atoms with Crippen molar-refractivity contribution >= 4 is 34.0 Å². The second-order valence-electron chi connectivity index (χ2n) is 9.50. The molecular formula is C32H39N5O6. The molecule has 4 N–H and O–H groups in total. The third-order valence-electron chi connectivity index (χ3n) is 6.39. The number of hydrogen-bond acceptors (Lipinski definition) is 10. The van der Waals surface area contributed by atoms with Gasteiger partial charge in [-0.05, 0) is 42.3 Å². The standard InChI is InChI=1S/C32H39N5O6/c1-3-23-20-24(31(38)34-12-13-40-16-17-42-19-18-41-15-14-39-2)22-25(21-23)36-32-35-11-10-30(37-32)43-29-9-8-28(33)26-6-4-5-7-27(26)29/h4-11,20-22H,3,12-19,33H2,1-2H3,(H,34,38)(H,35,36,37). The second-order valence-corrected chi connectivity index (χ2v) is 9.50. The van der Waals surface area contributed by atoms with Crippen LogP contribution in [0.25, 0.3) is 10.8 Å². The maximum atomic E-state index is 12.9. The smallest absolute Gasteiger partial charge is 0.251 e. The lowest BCUT2D eigenvalue weighted by atomic mass is 10.1. The van der Waals surface area contributed by atoms with Crippen molar-refractivity contribution in [2.75, 3.05) is 71.0 Å². The SMILES string of the molecule is CCc1cc(Nc2nccc(Oc3ccc(N)c4ccccc34)n2)cc(C(=O)NCCOCCOCCOCCOC)c1. The summed E-state index contributed by atoms with van der Waals surface area (Å²) < 4.78 is 27.3. The van der Waals surface area contributed by atoms with Crippen LogP contribution in [-0.2, 0) is 25.4 Å². The summed E-state index contributed by atoms with van der Waals surface area (Å²) in [5, 5.41) is 7.90. The number of nitrogens with one attached hydrogen (secondary N) is 2. The van der Waals surface area contributed by atoms with Crippen LogP contribution in [0.2, 0.25) is 0 Å². The van der Waals surface area contributed by atoms with Gasteiger partial charge in [-0.15, -0.1) is 0 Å². The lowest BCUT2D eigenvalue weighted by Gasteiger charge is -2.12. The Labute approximate surface area is 251 Å². The summed E-state index contributed by atoms with van der Waals surface area (Å²) in [6.45, 7) is 5.80. The molecule has 0 atom stereocenters. The van der Waals surface area contributed by atoms with Crippen LogP contribution in [-0.4, -0.2) is 75.8 Å². The molecule has 0 bridgehead atoms. The molecular weight excluding hydrogens is 550 g/mol. The van der Waals surface area contributed by atoms with Crippen LogP contribution in [0.15, 0.2) is 66.9 Å². The summed E-state index contributed by atoms with van der Waals surface area (Å²) in [6, 6.07) is 18.7. The lowest BCUT2D eigenvalue weighted by molar-refractivity contribution is 0.00415. The number of carbonyl (C=O) groups excluding carboxylic acids is 1. The quantitative estimate of drug-likeness (QED) is 0.110. The van der Waals surface area contributed by atoms with Crippen molar-refractivity contribution < 1.29 is 28.5 Å². The van der Waals surface area contributed by atoms with Crippen molar-refractivity contribution in [3.63, 3.8) is 0 Å². The van der Waals surface area contributed by atoms with Gasteiger partial charge >= 0.3 is 0 Å². The first-order valence-corrected chi connectivity index (χ1v) is 14.3. The molecule has 1 aromatic heterocycles. The molecule has 0 aliphatic carbocycles. The van der Waals surface area contributed by atoms with Gasteiger partial charge in [-0.3, -0.25) is 4.79 Å².